The van der Waals surface area contributed by atoms with Gasteiger partial charge < -0.3 is 10.4 Å². The predicted octanol–water partition coefficient (Wildman–Crippen LogP) is 4.08. The Morgan fingerprint density at radius 1 is 1.32 bits per heavy atom. The molecule has 0 spiro atoms. The van der Waals surface area contributed by atoms with Gasteiger partial charge in [0.1, 0.15) is 11.3 Å². The Bertz CT molecular complexity index is 952. The number of fused-ring (bicyclic) bond motifs is 1. The van der Waals surface area contributed by atoms with Crippen molar-refractivity contribution in [2.45, 2.75) is 6.10 Å². The largest absolute Gasteiger partial charge is 0.387 e. The highest BCUT2D eigenvalue weighted by molar-refractivity contribution is 6.30. The second-order valence-electron chi connectivity index (χ2n) is 5.36. The molecule has 1 unspecified atom stereocenters. The fourth-order valence-electron chi connectivity index (χ4n) is 2.50. The molecule has 128 valence electrons. The van der Waals surface area contributed by atoms with Gasteiger partial charge in [0.05, 0.1) is 27.1 Å². The van der Waals surface area contributed by atoms with E-state index >= 15 is 0 Å². The summed E-state index contributed by atoms with van der Waals surface area (Å²) >= 11 is 5.63. The first-order valence-corrected chi connectivity index (χ1v) is 7.74. The number of nitrogens with one attached hydrogen (secondary N) is 1. The predicted molar refractivity (Wildman–Crippen MR) is 93.3 cm³/mol. The molecule has 6 nitrogen and oxygen atoms in total. The quantitative estimate of drug-likeness (QED) is 0.528. The zero-order chi connectivity index (χ0) is 18.0. The van der Waals surface area contributed by atoms with Crippen LogP contribution in [0.4, 0.5) is 15.8 Å². The van der Waals surface area contributed by atoms with Crippen LogP contribution in [0.1, 0.15) is 11.7 Å². The molecule has 2 aromatic carbocycles. The van der Waals surface area contributed by atoms with Crippen LogP contribution in [0.5, 0.6) is 0 Å². The van der Waals surface area contributed by atoms with Crippen molar-refractivity contribution in [3.05, 3.63) is 75.2 Å². The van der Waals surface area contributed by atoms with Crippen molar-refractivity contribution < 1.29 is 14.4 Å². The molecule has 0 amide bonds. The van der Waals surface area contributed by atoms with Gasteiger partial charge in [-0.3, -0.25) is 15.1 Å². The lowest BCUT2D eigenvalue weighted by Crippen LogP contribution is -2.13. The number of hydrogen-bond donors (Lipinski definition) is 2. The molecule has 2 N–H and O–H groups in total. The molecule has 0 radical (unpaired) electrons. The SMILES string of the molecule is O=[N+]([O-])c1ccc(NCC(O)c2ccc(Cl)c(F)c2)c2ncccc12. The monoisotopic (exact) mass is 361 g/mol. The molecule has 25 heavy (non-hydrogen) atoms. The Hall–Kier alpha value is -2.77. The normalized spacial score (nSPS) is 12.1. The van der Waals surface area contributed by atoms with E-state index in [1.54, 1.807) is 12.1 Å². The van der Waals surface area contributed by atoms with Gasteiger partial charge in [-0.15, -0.1) is 0 Å². The van der Waals surface area contributed by atoms with Crippen LogP contribution in [0.2, 0.25) is 5.02 Å². The molecule has 0 saturated carbocycles. The molecule has 1 atom stereocenters. The summed E-state index contributed by atoms with van der Waals surface area (Å²) in [6.07, 6.45) is 0.545. The second-order valence-corrected chi connectivity index (χ2v) is 5.77. The number of non-ortho nitro benzene ring substituents is 1. The molecule has 1 heterocycles. The number of aliphatic hydroxyl groups excluding tert-OH is 1. The van der Waals surface area contributed by atoms with Crippen molar-refractivity contribution in [3.8, 4) is 0 Å². The first-order chi connectivity index (χ1) is 12.0. The van der Waals surface area contributed by atoms with Crippen LogP contribution in [-0.2, 0) is 0 Å². The lowest BCUT2D eigenvalue weighted by molar-refractivity contribution is -0.383. The van der Waals surface area contributed by atoms with Gasteiger partial charge in [-0.05, 0) is 35.9 Å². The number of nitrogens with zero attached hydrogens (tertiary/aromatic N) is 2. The molecule has 0 aliphatic rings. The van der Waals surface area contributed by atoms with E-state index in [9.17, 15) is 19.6 Å². The summed E-state index contributed by atoms with van der Waals surface area (Å²) in [5.41, 5.74) is 1.28. The van der Waals surface area contributed by atoms with Crippen molar-refractivity contribution in [2.75, 3.05) is 11.9 Å². The molecule has 3 aromatic rings. The van der Waals surface area contributed by atoms with Crippen LogP contribution in [0.25, 0.3) is 10.9 Å². The van der Waals surface area contributed by atoms with E-state index in [1.165, 1.54) is 36.5 Å². The minimum Gasteiger partial charge on any atom is -0.387 e. The zero-order valence-electron chi connectivity index (χ0n) is 12.8. The first kappa shape index (κ1) is 17.1. The lowest BCUT2D eigenvalue weighted by atomic mass is 10.1. The number of aliphatic hydroxyl groups is 1. The Labute approximate surface area is 147 Å². The van der Waals surface area contributed by atoms with Gasteiger partial charge >= 0.3 is 0 Å². The summed E-state index contributed by atoms with van der Waals surface area (Å²) in [4.78, 5) is 14.8. The maximum Gasteiger partial charge on any atom is 0.278 e. The summed E-state index contributed by atoms with van der Waals surface area (Å²) in [6.45, 7) is 0.0740. The van der Waals surface area contributed by atoms with Crippen LogP contribution >= 0.6 is 11.6 Å². The van der Waals surface area contributed by atoms with E-state index in [-0.39, 0.29) is 17.3 Å². The molecule has 0 saturated heterocycles. The van der Waals surface area contributed by atoms with Gasteiger partial charge in [0.15, 0.2) is 0 Å². The maximum atomic E-state index is 13.5. The number of pyridine rings is 1. The van der Waals surface area contributed by atoms with Crippen LogP contribution < -0.4 is 5.32 Å². The number of rotatable bonds is 5. The van der Waals surface area contributed by atoms with Crippen molar-refractivity contribution in [2.24, 2.45) is 0 Å². The van der Waals surface area contributed by atoms with Gasteiger partial charge in [0, 0.05) is 18.8 Å². The van der Waals surface area contributed by atoms with Crippen molar-refractivity contribution >= 4 is 33.9 Å². The highest BCUT2D eigenvalue weighted by atomic mass is 35.5. The van der Waals surface area contributed by atoms with Crippen molar-refractivity contribution in [1.29, 1.82) is 0 Å². The Morgan fingerprint density at radius 2 is 2.12 bits per heavy atom. The molecular weight excluding hydrogens is 349 g/mol. The molecule has 0 aliphatic heterocycles. The lowest BCUT2D eigenvalue weighted by Gasteiger charge is -2.14. The summed E-state index contributed by atoms with van der Waals surface area (Å²) in [7, 11) is 0. The molecular formula is C17H13ClFN3O3. The third-order valence-corrected chi connectivity index (χ3v) is 4.06. The second kappa shape index (κ2) is 7.00. The number of nitro benzene ring substituents is 1. The maximum absolute atomic E-state index is 13.5. The van der Waals surface area contributed by atoms with Crippen LogP contribution in [0, 0.1) is 15.9 Å². The highest BCUT2D eigenvalue weighted by Gasteiger charge is 2.16. The van der Waals surface area contributed by atoms with Crippen LogP contribution in [0.3, 0.4) is 0 Å². The topological polar surface area (TPSA) is 88.3 Å². The summed E-state index contributed by atoms with van der Waals surface area (Å²) in [6, 6.07) is 10.2. The fraction of sp³-hybridized carbons (Fsp3) is 0.118. The van der Waals surface area contributed by atoms with E-state index in [1.807, 2.05) is 0 Å². The summed E-state index contributed by atoms with van der Waals surface area (Å²) in [5.74, 6) is -0.610. The molecule has 3 rings (SSSR count). The average molecular weight is 362 g/mol. The molecule has 8 heteroatoms. The van der Waals surface area contributed by atoms with Crippen LogP contribution in [-0.4, -0.2) is 21.6 Å². The van der Waals surface area contributed by atoms with E-state index in [4.69, 9.17) is 11.6 Å². The molecule has 1 aromatic heterocycles. The van der Waals surface area contributed by atoms with Gasteiger partial charge in [-0.25, -0.2) is 4.39 Å². The van der Waals surface area contributed by atoms with Crippen molar-refractivity contribution in [3.63, 3.8) is 0 Å². The van der Waals surface area contributed by atoms with Crippen molar-refractivity contribution in [1.82, 2.24) is 4.98 Å². The minimum absolute atomic E-state index is 0.0190. The van der Waals surface area contributed by atoms with Gasteiger partial charge in [0.25, 0.3) is 5.69 Å². The van der Waals surface area contributed by atoms with E-state index in [0.717, 1.165) is 0 Å². The van der Waals surface area contributed by atoms with Gasteiger partial charge in [-0.2, -0.15) is 0 Å². The minimum atomic E-state index is -0.985. The van der Waals surface area contributed by atoms with Crippen LogP contribution in [0.15, 0.2) is 48.7 Å². The molecule has 0 aliphatic carbocycles. The summed E-state index contributed by atoms with van der Waals surface area (Å²) in [5, 5.41) is 24.7. The number of halogens is 2. The summed E-state index contributed by atoms with van der Waals surface area (Å²) < 4.78 is 13.5. The molecule has 0 fully saturated rings. The average Bonchev–Trinajstić information content (AvgIpc) is 2.61. The number of benzene rings is 2. The number of anilines is 1. The molecule has 0 bridgehead atoms. The standard InChI is InChI=1S/C17H13ClFN3O3/c18-12-4-3-10(8-13(12)19)16(23)9-21-14-5-6-15(22(24)25)11-2-1-7-20-17(11)14/h1-8,16,21,23H,9H2. The smallest absolute Gasteiger partial charge is 0.278 e. The Morgan fingerprint density at radius 3 is 2.84 bits per heavy atom. The number of aromatic nitrogens is 1. The zero-order valence-corrected chi connectivity index (χ0v) is 13.6. The fourth-order valence-corrected chi connectivity index (χ4v) is 2.62. The highest BCUT2D eigenvalue weighted by Crippen LogP contribution is 2.30. The number of hydrogen-bond acceptors (Lipinski definition) is 5. The third-order valence-electron chi connectivity index (χ3n) is 3.76. The number of nitro groups is 1. The Balaban J connectivity index is 1.85. The third kappa shape index (κ3) is 3.52. The first-order valence-electron chi connectivity index (χ1n) is 7.36. The van der Waals surface area contributed by atoms with E-state index in [0.29, 0.717) is 22.2 Å². The van der Waals surface area contributed by atoms with Gasteiger partial charge in [-0.1, -0.05) is 17.7 Å². The Kier molecular flexibility index (Phi) is 4.78. The van der Waals surface area contributed by atoms with E-state index in [2.05, 4.69) is 10.3 Å². The van der Waals surface area contributed by atoms with Gasteiger partial charge in [0.2, 0.25) is 0 Å². The van der Waals surface area contributed by atoms with E-state index < -0.39 is 16.8 Å².